The number of rotatable bonds is 3. The molecule has 27 heavy (non-hydrogen) atoms. The van der Waals surface area contributed by atoms with Gasteiger partial charge in [-0.3, -0.25) is 9.59 Å². The Morgan fingerprint density at radius 2 is 1.85 bits per heavy atom. The Morgan fingerprint density at radius 1 is 1.11 bits per heavy atom. The summed E-state index contributed by atoms with van der Waals surface area (Å²) in [5.41, 5.74) is 1.78. The van der Waals surface area contributed by atoms with Gasteiger partial charge in [0.15, 0.2) is 0 Å². The van der Waals surface area contributed by atoms with Crippen molar-refractivity contribution in [2.45, 2.75) is 18.6 Å². The third kappa shape index (κ3) is 3.24. The summed E-state index contributed by atoms with van der Waals surface area (Å²) in [6, 6.07) is 14.8. The number of aliphatic hydroxyl groups excluding tert-OH is 1. The highest BCUT2D eigenvalue weighted by Gasteiger charge is 2.32. The molecule has 1 amide bonds. The van der Waals surface area contributed by atoms with Crippen molar-refractivity contribution in [3.05, 3.63) is 93.7 Å². The maximum Gasteiger partial charge on any atom is 0.272 e. The first-order valence-electron chi connectivity index (χ1n) is 8.46. The van der Waals surface area contributed by atoms with Crippen LogP contribution in [0.5, 0.6) is 0 Å². The molecule has 3 aromatic rings. The topological polar surface area (TPSA) is 84.2 Å². The van der Waals surface area contributed by atoms with E-state index in [0.29, 0.717) is 12.1 Å². The van der Waals surface area contributed by atoms with Gasteiger partial charge in [-0.15, -0.1) is 0 Å². The predicted octanol–water partition coefficient (Wildman–Crippen LogP) is 1.76. The molecule has 1 aromatic heterocycles. The molecule has 2 atom stereocenters. The molecule has 7 heteroatoms. The van der Waals surface area contributed by atoms with E-state index in [1.165, 1.54) is 36.4 Å². The third-order valence-electron chi connectivity index (χ3n) is 4.59. The summed E-state index contributed by atoms with van der Waals surface area (Å²) in [6.45, 7) is 0. The number of hydrogen-bond acceptors (Lipinski definition) is 4. The summed E-state index contributed by atoms with van der Waals surface area (Å²) in [7, 11) is 0. The van der Waals surface area contributed by atoms with Gasteiger partial charge in [-0.05, 0) is 41.5 Å². The minimum Gasteiger partial charge on any atom is -0.390 e. The van der Waals surface area contributed by atoms with Crippen molar-refractivity contribution < 1.29 is 14.3 Å². The second-order valence-electron chi connectivity index (χ2n) is 6.37. The summed E-state index contributed by atoms with van der Waals surface area (Å²) in [5, 5.41) is 17.1. The first-order valence-corrected chi connectivity index (χ1v) is 8.46. The molecule has 1 aliphatic carbocycles. The van der Waals surface area contributed by atoms with E-state index in [2.05, 4.69) is 10.4 Å². The van der Waals surface area contributed by atoms with Gasteiger partial charge >= 0.3 is 0 Å². The zero-order valence-corrected chi connectivity index (χ0v) is 14.2. The highest BCUT2D eigenvalue weighted by Crippen LogP contribution is 2.31. The SMILES string of the molecule is O=C(N[C@H]1c2ccccc2C[C@H]1O)c1ccc(=O)n(-c2ccc(F)cc2)n1. The molecular formula is C20H16FN3O3. The average molecular weight is 365 g/mol. The summed E-state index contributed by atoms with van der Waals surface area (Å²) in [6.07, 6.45) is -0.266. The second kappa shape index (κ2) is 6.77. The number of aliphatic hydroxyl groups is 1. The largest absolute Gasteiger partial charge is 0.390 e. The van der Waals surface area contributed by atoms with Crippen LogP contribution in [0.1, 0.15) is 27.7 Å². The fourth-order valence-corrected chi connectivity index (χ4v) is 3.26. The van der Waals surface area contributed by atoms with Gasteiger partial charge in [-0.2, -0.15) is 9.78 Å². The van der Waals surface area contributed by atoms with Gasteiger partial charge in [0.1, 0.15) is 11.5 Å². The molecule has 2 N–H and O–H groups in total. The standard InChI is InChI=1S/C20H16FN3O3/c21-13-5-7-14(8-6-13)24-18(26)10-9-16(23-24)20(27)22-19-15-4-2-1-3-12(15)11-17(19)25/h1-10,17,19,25H,11H2,(H,22,27)/t17-,19+/m1/s1. The minimum atomic E-state index is -0.727. The smallest absolute Gasteiger partial charge is 0.272 e. The minimum absolute atomic E-state index is 0.0236. The molecular weight excluding hydrogens is 349 g/mol. The number of benzene rings is 2. The van der Waals surface area contributed by atoms with Crippen LogP contribution in [0, 0.1) is 5.82 Å². The highest BCUT2D eigenvalue weighted by molar-refractivity contribution is 5.92. The number of hydrogen-bond donors (Lipinski definition) is 2. The first-order chi connectivity index (χ1) is 13.0. The Bertz CT molecular complexity index is 1060. The number of halogens is 1. The van der Waals surface area contributed by atoms with E-state index >= 15 is 0 Å². The van der Waals surface area contributed by atoms with Crippen molar-refractivity contribution in [3.8, 4) is 5.69 Å². The lowest BCUT2D eigenvalue weighted by molar-refractivity contribution is 0.0851. The maximum absolute atomic E-state index is 13.1. The molecule has 0 fully saturated rings. The molecule has 2 aromatic carbocycles. The van der Waals surface area contributed by atoms with E-state index in [1.54, 1.807) is 0 Å². The van der Waals surface area contributed by atoms with Gasteiger partial charge in [0, 0.05) is 12.5 Å². The lowest BCUT2D eigenvalue weighted by atomic mass is 10.1. The zero-order valence-electron chi connectivity index (χ0n) is 14.2. The summed E-state index contributed by atoms with van der Waals surface area (Å²) in [5.74, 6) is -0.943. The normalized spacial score (nSPS) is 18.1. The van der Waals surface area contributed by atoms with Crippen LogP contribution in [0.15, 0.2) is 65.5 Å². The van der Waals surface area contributed by atoms with Crippen LogP contribution in [0.4, 0.5) is 4.39 Å². The molecule has 0 saturated carbocycles. The van der Waals surface area contributed by atoms with Crippen LogP contribution >= 0.6 is 0 Å². The second-order valence-corrected chi connectivity index (χ2v) is 6.37. The molecule has 4 rings (SSSR count). The number of carbonyl (C=O) groups excluding carboxylic acids is 1. The van der Waals surface area contributed by atoms with Crippen LogP contribution < -0.4 is 10.9 Å². The van der Waals surface area contributed by atoms with Crippen LogP contribution in [0.25, 0.3) is 5.69 Å². The Morgan fingerprint density at radius 3 is 2.63 bits per heavy atom. The van der Waals surface area contributed by atoms with Crippen molar-refractivity contribution in [1.29, 1.82) is 0 Å². The molecule has 136 valence electrons. The number of amides is 1. The van der Waals surface area contributed by atoms with Crippen molar-refractivity contribution in [3.63, 3.8) is 0 Å². The summed E-state index contributed by atoms with van der Waals surface area (Å²) in [4.78, 5) is 24.7. The van der Waals surface area contributed by atoms with E-state index in [9.17, 15) is 19.1 Å². The lowest BCUT2D eigenvalue weighted by Gasteiger charge is -2.18. The Balaban J connectivity index is 1.62. The molecule has 0 aliphatic heterocycles. The van der Waals surface area contributed by atoms with Crippen molar-refractivity contribution in [2.75, 3.05) is 0 Å². The molecule has 1 aliphatic rings. The fourth-order valence-electron chi connectivity index (χ4n) is 3.26. The molecule has 0 unspecified atom stereocenters. The zero-order chi connectivity index (χ0) is 19.0. The van der Waals surface area contributed by atoms with Crippen molar-refractivity contribution in [1.82, 2.24) is 15.1 Å². The van der Waals surface area contributed by atoms with E-state index in [1.807, 2.05) is 24.3 Å². The van der Waals surface area contributed by atoms with Crippen LogP contribution in [-0.2, 0) is 6.42 Å². The van der Waals surface area contributed by atoms with Crippen molar-refractivity contribution in [2.24, 2.45) is 0 Å². The highest BCUT2D eigenvalue weighted by atomic mass is 19.1. The van der Waals surface area contributed by atoms with Crippen LogP contribution in [0.2, 0.25) is 0 Å². The number of aromatic nitrogens is 2. The van der Waals surface area contributed by atoms with Crippen LogP contribution in [-0.4, -0.2) is 26.9 Å². The molecule has 6 nitrogen and oxygen atoms in total. The Hall–Kier alpha value is -3.32. The van der Waals surface area contributed by atoms with Gasteiger partial charge in [-0.1, -0.05) is 24.3 Å². The van der Waals surface area contributed by atoms with Gasteiger partial charge in [0.2, 0.25) is 0 Å². The number of fused-ring (bicyclic) bond motifs is 1. The summed E-state index contributed by atoms with van der Waals surface area (Å²) < 4.78 is 14.1. The average Bonchev–Trinajstić information content (AvgIpc) is 2.98. The van der Waals surface area contributed by atoms with Crippen LogP contribution in [0.3, 0.4) is 0 Å². The fraction of sp³-hybridized carbons (Fsp3) is 0.150. The van der Waals surface area contributed by atoms with E-state index in [-0.39, 0.29) is 5.69 Å². The number of carbonyl (C=O) groups is 1. The van der Waals surface area contributed by atoms with E-state index in [4.69, 9.17) is 0 Å². The molecule has 0 bridgehead atoms. The molecule has 0 saturated heterocycles. The molecule has 0 radical (unpaired) electrons. The monoisotopic (exact) mass is 365 g/mol. The predicted molar refractivity (Wildman–Crippen MR) is 96.2 cm³/mol. The number of nitrogens with zero attached hydrogens (tertiary/aromatic N) is 2. The Kier molecular flexibility index (Phi) is 4.29. The molecule has 1 heterocycles. The van der Waals surface area contributed by atoms with Gasteiger partial charge in [-0.25, -0.2) is 4.39 Å². The quantitative estimate of drug-likeness (QED) is 0.741. The van der Waals surface area contributed by atoms with E-state index < -0.39 is 29.4 Å². The van der Waals surface area contributed by atoms with Gasteiger partial charge < -0.3 is 10.4 Å². The van der Waals surface area contributed by atoms with Gasteiger partial charge in [0.05, 0.1) is 17.8 Å². The summed E-state index contributed by atoms with van der Waals surface area (Å²) >= 11 is 0. The third-order valence-corrected chi connectivity index (χ3v) is 4.59. The van der Waals surface area contributed by atoms with E-state index in [0.717, 1.165) is 15.8 Å². The first kappa shape index (κ1) is 17.1. The van der Waals surface area contributed by atoms with Gasteiger partial charge in [0.25, 0.3) is 11.5 Å². The Labute approximate surface area is 153 Å². The lowest BCUT2D eigenvalue weighted by Crippen LogP contribution is -2.35. The molecule has 0 spiro atoms. The van der Waals surface area contributed by atoms with Crippen molar-refractivity contribution >= 4 is 5.91 Å². The number of nitrogens with one attached hydrogen (secondary N) is 1. The maximum atomic E-state index is 13.1.